The largest absolute Gasteiger partial charge is 0.480 e. The van der Waals surface area contributed by atoms with Gasteiger partial charge < -0.3 is 15.4 Å². The van der Waals surface area contributed by atoms with Crippen LogP contribution in [0.25, 0.3) is 0 Å². The van der Waals surface area contributed by atoms with Gasteiger partial charge in [-0.1, -0.05) is 19.1 Å². The lowest BCUT2D eigenvalue weighted by Crippen LogP contribution is -2.45. The maximum atomic E-state index is 12.2. The van der Waals surface area contributed by atoms with Crippen LogP contribution in [0.2, 0.25) is 0 Å². The molecule has 1 heterocycles. The van der Waals surface area contributed by atoms with E-state index in [-0.39, 0.29) is 23.7 Å². The summed E-state index contributed by atoms with van der Waals surface area (Å²) in [6.45, 7) is 6.76. The Kier molecular flexibility index (Phi) is 7.66. The smallest absolute Gasteiger partial charge is 0.260 e. The molecule has 0 aliphatic carbocycles. The lowest BCUT2D eigenvalue weighted by molar-refractivity contribution is -0.127. The Balaban J connectivity index is 0.00000242. The number of amides is 1. The number of piperidine rings is 1. The Hall–Kier alpha value is -0.780. The first-order chi connectivity index (χ1) is 10.0. The molecule has 1 atom stereocenters. The minimum absolute atomic E-state index is 0. The summed E-state index contributed by atoms with van der Waals surface area (Å²) in [5.41, 5.74) is 0.188. The highest BCUT2D eigenvalue weighted by molar-refractivity contribution is 9.10. The quantitative estimate of drug-likeness (QED) is 0.811. The number of benzene rings is 1. The molecule has 1 aromatic carbocycles. The van der Waals surface area contributed by atoms with E-state index < -0.39 is 6.10 Å². The molecule has 1 aromatic rings. The van der Waals surface area contributed by atoms with E-state index in [0.29, 0.717) is 12.3 Å². The van der Waals surface area contributed by atoms with Gasteiger partial charge in [0.05, 0.1) is 4.47 Å². The highest BCUT2D eigenvalue weighted by Gasteiger charge is 2.28. The standard InChI is InChI=1S/C16H23BrN2O2.ClH/c1-12(21-14-6-4-3-5-13(14)17)15(20)19-11-16(2)7-9-18-10-8-16;/h3-6,12,18H,7-11H2,1-2H3,(H,19,20);1H. The van der Waals surface area contributed by atoms with Crippen molar-refractivity contribution >= 4 is 34.2 Å². The molecule has 1 aliphatic rings. The van der Waals surface area contributed by atoms with E-state index in [9.17, 15) is 4.79 Å². The van der Waals surface area contributed by atoms with Crippen LogP contribution in [0.5, 0.6) is 5.75 Å². The maximum absolute atomic E-state index is 12.2. The number of carbonyl (C=O) groups is 1. The number of rotatable bonds is 5. The van der Waals surface area contributed by atoms with Crippen LogP contribution >= 0.6 is 28.3 Å². The molecule has 1 aliphatic heterocycles. The van der Waals surface area contributed by atoms with Gasteiger partial charge in [0.25, 0.3) is 5.91 Å². The fourth-order valence-electron chi connectivity index (χ4n) is 2.44. The van der Waals surface area contributed by atoms with Gasteiger partial charge in [-0.2, -0.15) is 0 Å². The molecule has 2 rings (SSSR count). The van der Waals surface area contributed by atoms with Crippen molar-refractivity contribution in [2.75, 3.05) is 19.6 Å². The topological polar surface area (TPSA) is 50.4 Å². The minimum Gasteiger partial charge on any atom is -0.480 e. The Morgan fingerprint density at radius 3 is 2.68 bits per heavy atom. The van der Waals surface area contributed by atoms with Gasteiger partial charge in [0.1, 0.15) is 5.75 Å². The number of hydrogen-bond donors (Lipinski definition) is 2. The summed E-state index contributed by atoms with van der Waals surface area (Å²) in [6, 6.07) is 7.55. The summed E-state index contributed by atoms with van der Waals surface area (Å²) >= 11 is 3.42. The molecule has 0 saturated carbocycles. The third-order valence-corrected chi connectivity index (χ3v) is 4.66. The van der Waals surface area contributed by atoms with Crippen molar-refractivity contribution in [1.29, 1.82) is 0 Å². The molecule has 0 spiro atoms. The van der Waals surface area contributed by atoms with E-state index in [2.05, 4.69) is 33.5 Å². The predicted molar refractivity (Wildman–Crippen MR) is 94.7 cm³/mol. The number of carbonyl (C=O) groups excluding carboxylic acids is 1. The van der Waals surface area contributed by atoms with Crippen LogP contribution < -0.4 is 15.4 Å². The average molecular weight is 392 g/mol. The van der Waals surface area contributed by atoms with Crippen molar-refractivity contribution in [3.63, 3.8) is 0 Å². The normalized spacial score (nSPS) is 18.0. The molecule has 1 fully saturated rings. The van der Waals surface area contributed by atoms with Crippen molar-refractivity contribution in [3.8, 4) is 5.75 Å². The molecule has 124 valence electrons. The van der Waals surface area contributed by atoms with E-state index in [0.717, 1.165) is 30.4 Å². The fraction of sp³-hybridized carbons (Fsp3) is 0.562. The highest BCUT2D eigenvalue weighted by Crippen LogP contribution is 2.27. The van der Waals surface area contributed by atoms with Crippen molar-refractivity contribution < 1.29 is 9.53 Å². The molecule has 1 saturated heterocycles. The van der Waals surface area contributed by atoms with Gasteiger partial charge in [-0.05, 0) is 66.3 Å². The van der Waals surface area contributed by atoms with E-state index >= 15 is 0 Å². The summed E-state index contributed by atoms with van der Waals surface area (Å²) in [4.78, 5) is 12.2. The Morgan fingerprint density at radius 1 is 1.41 bits per heavy atom. The molecule has 0 bridgehead atoms. The molecular weight excluding hydrogens is 368 g/mol. The summed E-state index contributed by atoms with van der Waals surface area (Å²) in [6.07, 6.45) is 1.67. The number of nitrogens with one attached hydrogen (secondary N) is 2. The molecule has 1 amide bonds. The van der Waals surface area contributed by atoms with Gasteiger partial charge >= 0.3 is 0 Å². The maximum Gasteiger partial charge on any atom is 0.260 e. The third kappa shape index (κ3) is 5.45. The summed E-state index contributed by atoms with van der Waals surface area (Å²) in [5.74, 6) is 0.624. The lowest BCUT2D eigenvalue weighted by atomic mass is 9.81. The zero-order valence-corrected chi connectivity index (χ0v) is 15.4. The second kappa shape index (κ2) is 8.75. The zero-order chi connectivity index (χ0) is 15.3. The second-order valence-corrected chi connectivity index (χ2v) is 6.82. The van der Waals surface area contributed by atoms with Gasteiger partial charge in [0.15, 0.2) is 6.10 Å². The summed E-state index contributed by atoms with van der Waals surface area (Å²) < 4.78 is 6.56. The fourth-order valence-corrected chi connectivity index (χ4v) is 2.81. The van der Waals surface area contributed by atoms with Gasteiger partial charge in [0.2, 0.25) is 0 Å². The van der Waals surface area contributed by atoms with Crippen molar-refractivity contribution in [2.45, 2.75) is 32.8 Å². The van der Waals surface area contributed by atoms with Gasteiger partial charge in [-0.15, -0.1) is 12.4 Å². The first-order valence-corrected chi connectivity index (χ1v) is 8.19. The Bertz CT molecular complexity index is 493. The molecule has 1 unspecified atom stereocenters. The SMILES string of the molecule is CC(Oc1ccccc1Br)C(=O)NCC1(C)CCNCC1.Cl. The Labute approximate surface area is 146 Å². The average Bonchev–Trinajstić information content (AvgIpc) is 2.48. The number of hydrogen-bond acceptors (Lipinski definition) is 3. The van der Waals surface area contributed by atoms with E-state index in [1.54, 1.807) is 6.92 Å². The van der Waals surface area contributed by atoms with Crippen LogP contribution in [0.3, 0.4) is 0 Å². The highest BCUT2D eigenvalue weighted by atomic mass is 79.9. The molecule has 2 N–H and O–H groups in total. The minimum atomic E-state index is -0.506. The van der Waals surface area contributed by atoms with Gasteiger partial charge in [0, 0.05) is 6.54 Å². The second-order valence-electron chi connectivity index (χ2n) is 5.97. The van der Waals surface area contributed by atoms with E-state index in [1.807, 2.05) is 24.3 Å². The monoisotopic (exact) mass is 390 g/mol. The molecule has 4 nitrogen and oxygen atoms in total. The van der Waals surface area contributed by atoms with E-state index in [4.69, 9.17) is 4.74 Å². The molecule has 22 heavy (non-hydrogen) atoms. The van der Waals surface area contributed by atoms with Crippen LogP contribution in [0, 0.1) is 5.41 Å². The summed E-state index contributed by atoms with van der Waals surface area (Å²) in [7, 11) is 0. The van der Waals surface area contributed by atoms with E-state index in [1.165, 1.54) is 0 Å². The summed E-state index contributed by atoms with van der Waals surface area (Å²) in [5, 5.41) is 6.37. The molecule has 6 heteroatoms. The van der Waals surface area contributed by atoms with Crippen LogP contribution in [-0.4, -0.2) is 31.6 Å². The first kappa shape index (κ1) is 19.3. The number of halogens is 2. The van der Waals surface area contributed by atoms with Crippen LogP contribution in [0.4, 0.5) is 0 Å². The van der Waals surface area contributed by atoms with Crippen LogP contribution in [-0.2, 0) is 4.79 Å². The van der Waals surface area contributed by atoms with Gasteiger partial charge in [-0.25, -0.2) is 0 Å². The van der Waals surface area contributed by atoms with Gasteiger partial charge in [-0.3, -0.25) is 4.79 Å². The van der Waals surface area contributed by atoms with Crippen molar-refractivity contribution in [1.82, 2.24) is 10.6 Å². The van der Waals surface area contributed by atoms with Crippen molar-refractivity contribution in [3.05, 3.63) is 28.7 Å². The predicted octanol–water partition coefficient (Wildman–Crippen LogP) is 3.14. The zero-order valence-electron chi connectivity index (χ0n) is 13.0. The molecule has 0 radical (unpaired) electrons. The van der Waals surface area contributed by atoms with Crippen LogP contribution in [0.15, 0.2) is 28.7 Å². The van der Waals surface area contributed by atoms with Crippen molar-refractivity contribution in [2.24, 2.45) is 5.41 Å². The molecule has 0 aromatic heterocycles. The first-order valence-electron chi connectivity index (χ1n) is 7.40. The lowest BCUT2D eigenvalue weighted by Gasteiger charge is -2.34. The van der Waals surface area contributed by atoms with Crippen LogP contribution in [0.1, 0.15) is 26.7 Å². The Morgan fingerprint density at radius 2 is 2.05 bits per heavy atom. The number of para-hydroxylation sites is 1. The molecular formula is C16H24BrClN2O2. The number of ether oxygens (including phenoxy) is 1. The third-order valence-electron chi connectivity index (χ3n) is 4.01.